The summed E-state index contributed by atoms with van der Waals surface area (Å²) in [4.78, 5) is 29.7. The Hall–Kier alpha value is -4.14. The molecule has 2 amide bonds. The molecule has 0 saturated heterocycles. The Morgan fingerprint density at radius 1 is 0.773 bits per heavy atom. The van der Waals surface area contributed by atoms with Crippen LogP contribution in [0.2, 0.25) is 5.02 Å². The molecule has 0 aliphatic heterocycles. The lowest BCUT2D eigenvalue weighted by Crippen LogP contribution is -2.54. The van der Waals surface area contributed by atoms with Crippen molar-refractivity contribution in [2.45, 2.75) is 57.6 Å². The van der Waals surface area contributed by atoms with E-state index in [0.717, 1.165) is 26.6 Å². The number of halogens is 1. The van der Waals surface area contributed by atoms with Gasteiger partial charge in [-0.25, -0.2) is 8.42 Å². The number of nitrogens with zero attached hydrogens (tertiary/aromatic N) is 2. The van der Waals surface area contributed by atoms with Gasteiger partial charge in [0.2, 0.25) is 11.8 Å². The van der Waals surface area contributed by atoms with Gasteiger partial charge in [0, 0.05) is 19.0 Å². The highest BCUT2D eigenvalue weighted by Gasteiger charge is 2.35. The highest BCUT2D eigenvalue weighted by Crippen LogP contribution is 2.31. The Labute approximate surface area is 265 Å². The third-order valence-electron chi connectivity index (χ3n) is 7.18. The molecule has 0 aliphatic carbocycles. The van der Waals surface area contributed by atoms with Crippen molar-refractivity contribution in [3.63, 3.8) is 0 Å². The molecule has 4 aromatic rings. The Bertz CT molecular complexity index is 1680. The predicted octanol–water partition coefficient (Wildman–Crippen LogP) is 6.32. The molecule has 0 aliphatic rings. The summed E-state index contributed by atoms with van der Waals surface area (Å²) in [6, 6.07) is 29.0. The molecule has 4 rings (SSSR count). The third-order valence-corrected chi connectivity index (χ3v) is 9.28. The summed E-state index contributed by atoms with van der Waals surface area (Å²) >= 11 is 6.53. The minimum Gasteiger partial charge on any atom is -0.352 e. The molecular weight excluding hydrogens is 594 g/mol. The first-order chi connectivity index (χ1) is 21.0. The predicted molar refractivity (Wildman–Crippen MR) is 176 cm³/mol. The Morgan fingerprint density at radius 2 is 1.34 bits per heavy atom. The molecule has 44 heavy (non-hydrogen) atoms. The maximum atomic E-state index is 14.5. The van der Waals surface area contributed by atoms with E-state index >= 15 is 0 Å². The van der Waals surface area contributed by atoms with Crippen LogP contribution in [0.15, 0.2) is 108 Å². The van der Waals surface area contributed by atoms with Crippen LogP contribution in [0.1, 0.15) is 36.1 Å². The summed E-state index contributed by atoms with van der Waals surface area (Å²) < 4.78 is 29.2. The van der Waals surface area contributed by atoms with Crippen molar-refractivity contribution < 1.29 is 18.0 Å². The van der Waals surface area contributed by atoms with E-state index in [4.69, 9.17) is 11.6 Å². The molecule has 230 valence electrons. The van der Waals surface area contributed by atoms with Crippen molar-refractivity contribution in [1.82, 2.24) is 10.2 Å². The van der Waals surface area contributed by atoms with Gasteiger partial charge in [0.15, 0.2) is 0 Å². The first-order valence-electron chi connectivity index (χ1n) is 14.5. The van der Waals surface area contributed by atoms with Crippen LogP contribution in [0.25, 0.3) is 0 Å². The molecule has 0 unspecified atom stereocenters. The van der Waals surface area contributed by atoms with Gasteiger partial charge in [-0.2, -0.15) is 0 Å². The van der Waals surface area contributed by atoms with Crippen LogP contribution in [0.3, 0.4) is 0 Å². The molecule has 9 heteroatoms. The smallest absolute Gasteiger partial charge is 0.264 e. The number of carbonyl (C=O) groups is 2. The average Bonchev–Trinajstić information content (AvgIpc) is 2.99. The van der Waals surface area contributed by atoms with Crippen LogP contribution in [0.4, 0.5) is 5.69 Å². The number of anilines is 1. The summed E-state index contributed by atoms with van der Waals surface area (Å²) in [5.41, 5.74) is 3.80. The van der Waals surface area contributed by atoms with Crippen molar-refractivity contribution in [2.24, 2.45) is 0 Å². The lowest BCUT2D eigenvalue weighted by atomic mass is 10.0. The van der Waals surface area contributed by atoms with E-state index < -0.39 is 28.5 Å². The van der Waals surface area contributed by atoms with Gasteiger partial charge < -0.3 is 10.2 Å². The zero-order valence-corrected chi connectivity index (χ0v) is 27.0. The Kier molecular flexibility index (Phi) is 10.8. The van der Waals surface area contributed by atoms with Gasteiger partial charge in [-0.1, -0.05) is 102 Å². The fraction of sp³-hybridized carbons (Fsp3) is 0.257. The van der Waals surface area contributed by atoms with E-state index in [-0.39, 0.29) is 40.5 Å². The topological polar surface area (TPSA) is 86.8 Å². The number of hydrogen-bond acceptors (Lipinski definition) is 4. The molecule has 0 aromatic heterocycles. The van der Waals surface area contributed by atoms with Crippen LogP contribution < -0.4 is 9.62 Å². The first kappa shape index (κ1) is 32.8. The lowest BCUT2D eigenvalue weighted by Gasteiger charge is -2.34. The van der Waals surface area contributed by atoms with Crippen LogP contribution in [0.5, 0.6) is 0 Å². The molecule has 0 bridgehead atoms. The maximum absolute atomic E-state index is 14.5. The maximum Gasteiger partial charge on any atom is 0.264 e. The number of nitrogens with one attached hydrogen (secondary N) is 1. The van der Waals surface area contributed by atoms with Crippen molar-refractivity contribution in [2.75, 3.05) is 10.8 Å². The highest BCUT2D eigenvalue weighted by molar-refractivity contribution is 7.92. The number of carbonyl (C=O) groups excluding carboxylic acids is 2. The molecule has 0 spiro atoms. The quantitative estimate of drug-likeness (QED) is 0.198. The van der Waals surface area contributed by atoms with Gasteiger partial charge in [-0.3, -0.25) is 13.9 Å². The molecule has 0 radical (unpaired) electrons. The Balaban J connectivity index is 1.81. The third kappa shape index (κ3) is 8.27. The Morgan fingerprint density at radius 3 is 1.93 bits per heavy atom. The summed E-state index contributed by atoms with van der Waals surface area (Å²) in [6.07, 6.45) is 0.244. The molecular formula is C35H38ClN3O4S. The average molecular weight is 632 g/mol. The van der Waals surface area contributed by atoms with Gasteiger partial charge in [-0.15, -0.1) is 0 Å². The second kappa shape index (κ2) is 14.6. The number of aryl methyl sites for hydroxylation is 2. The summed E-state index contributed by atoms with van der Waals surface area (Å²) in [5.74, 6) is -0.865. The van der Waals surface area contributed by atoms with Crippen LogP contribution in [0, 0.1) is 13.8 Å². The standard InChI is InChI=1S/C35H38ClN3O4S/c1-25(2)37-35(41)33(22-28-10-6-5-7-11-28)38(23-29-18-14-26(3)15-19-29)34(40)24-39(32-13-9-8-12-31(32)36)44(42,43)30-20-16-27(4)17-21-30/h5-21,25,33H,22-24H2,1-4H3,(H,37,41)/t33-/m0/s1. The van der Waals surface area contributed by atoms with Crippen LogP contribution in [-0.2, 0) is 32.6 Å². The van der Waals surface area contributed by atoms with E-state index in [1.807, 2.05) is 82.3 Å². The van der Waals surface area contributed by atoms with Gasteiger partial charge in [0.25, 0.3) is 10.0 Å². The van der Waals surface area contributed by atoms with Crippen LogP contribution >= 0.6 is 11.6 Å². The van der Waals surface area contributed by atoms with E-state index in [1.54, 1.807) is 36.4 Å². The lowest BCUT2D eigenvalue weighted by molar-refractivity contribution is -0.140. The van der Waals surface area contributed by atoms with Crippen molar-refractivity contribution in [3.8, 4) is 0 Å². The van der Waals surface area contributed by atoms with Crippen LogP contribution in [-0.4, -0.2) is 43.8 Å². The van der Waals surface area contributed by atoms with E-state index in [0.29, 0.717) is 0 Å². The van der Waals surface area contributed by atoms with E-state index in [9.17, 15) is 18.0 Å². The number of para-hydroxylation sites is 1. The fourth-order valence-corrected chi connectivity index (χ4v) is 6.55. The molecule has 0 heterocycles. The van der Waals surface area contributed by atoms with Crippen molar-refractivity contribution in [3.05, 3.63) is 130 Å². The summed E-state index contributed by atoms with van der Waals surface area (Å²) in [6.45, 7) is 7.09. The minimum absolute atomic E-state index is 0.0271. The van der Waals surface area contributed by atoms with Gasteiger partial charge in [0.1, 0.15) is 12.6 Å². The molecule has 4 aromatic carbocycles. The minimum atomic E-state index is -4.22. The highest BCUT2D eigenvalue weighted by atomic mass is 35.5. The molecule has 1 atom stereocenters. The number of rotatable bonds is 12. The second-order valence-electron chi connectivity index (χ2n) is 11.2. The molecule has 0 saturated carbocycles. The second-order valence-corrected chi connectivity index (χ2v) is 13.4. The zero-order chi connectivity index (χ0) is 31.9. The number of hydrogen-bond donors (Lipinski definition) is 1. The van der Waals surface area contributed by atoms with Crippen molar-refractivity contribution in [1.29, 1.82) is 0 Å². The fourth-order valence-electron chi connectivity index (χ4n) is 4.83. The largest absolute Gasteiger partial charge is 0.352 e. The zero-order valence-electron chi connectivity index (χ0n) is 25.4. The summed E-state index contributed by atoms with van der Waals surface area (Å²) in [5, 5.41) is 3.14. The number of benzene rings is 4. The monoisotopic (exact) mass is 631 g/mol. The molecule has 1 N–H and O–H groups in total. The van der Waals surface area contributed by atoms with Gasteiger partial charge >= 0.3 is 0 Å². The SMILES string of the molecule is Cc1ccc(CN(C(=O)CN(c2ccccc2Cl)S(=O)(=O)c2ccc(C)cc2)[C@@H](Cc2ccccc2)C(=O)NC(C)C)cc1. The first-order valence-corrected chi connectivity index (χ1v) is 16.3. The summed E-state index contributed by atoms with van der Waals surface area (Å²) in [7, 11) is -4.22. The molecule has 7 nitrogen and oxygen atoms in total. The van der Waals surface area contributed by atoms with E-state index in [1.165, 1.54) is 17.0 Å². The number of amides is 2. The normalized spacial score (nSPS) is 12.0. The molecule has 0 fully saturated rings. The van der Waals surface area contributed by atoms with Gasteiger partial charge in [0.05, 0.1) is 15.6 Å². The van der Waals surface area contributed by atoms with Crippen molar-refractivity contribution >= 4 is 39.1 Å². The number of sulfonamides is 1. The van der Waals surface area contributed by atoms with Gasteiger partial charge in [-0.05, 0) is 63.1 Å². The van der Waals surface area contributed by atoms with E-state index in [2.05, 4.69) is 5.32 Å².